The first-order chi connectivity index (χ1) is 0. The van der Waals surface area contributed by atoms with Crippen LogP contribution in [0.15, 0.2) is 0 Å². The van der Waals surface area contributed by atoms with Crippen LogP contribution >= 0.6 is 0 Å². The quantitative estimate of drug-likeness (QED) is 0.472. The Bertz CT molecular complexity index is 8.00. The van der Waals surface area contributed by atoms with Crippen LogP contribution in [0.3, 0.4) is 0 Å². The first-order valence-corrected chi connectivity index (χ1v) is 0. The topological polar surface area (TPSA) is 0 Å². The normalized spacial score (nSPS) is 0. The first-order valence-electron chi connectivity index (χ1n) is 0. The van der Waals surface area contributed by atoms with Crippen molar-refractivity contribution in [3.05, 3.63) is 0 Å². The largest absolute Gasteiger partial charge is 0 e. The Morgan fingerprint density at radius 1 is 1.00 bits per heavy atom. The average molecular weight is 372 g/mol. The van der Waals surface area contributed by atoms with Crippen molar-refractivity contribution < 1.29 is 16.5 Å². The summed E-state index contributed by atoms with van der Waals surface area (Å²) in [5.74, 6) is 0. The molecule has 0 spiro atoms. The van der Waals surface area contributed by atoms with Crippen LogP contribution in [0.5, 0.6) is 0 Å². The molecule has 0 heterocycles. The second-order valence-corrected chi connectivity index (χ2v) is 0. The Kier molecular flexibility index (Phi) is 131. The average Bonchev–Trinajstić information content (AvgIpc) is 0. The minimum absolute atomic E-state index is 0. The van der Waals surface area contributed by atoms with Gasteiger partial charge in [-0.2, -0.15) is 0 Å². The fraction of sp³-hybridized carbons (Fsp3) is 0. The van der Waals surface area contributed by atoms with E-state index in [-0.39, 0.29) is 82.4 Å². The summed E-state index contributed by atoms with van der Waals surface area (Å²) in [6.45, 7) is 0. The Morgan fingerprint density at radius 2 is 1.00 bits per heavy atom. The summed E-state index contributed by atoms with van der Waals surface area (Å²) in [6.07, 6.45) is 0. The van der Waals surface area contributed by atoms with Crippen LogP contribution in [0, 0.1) is 0 Å². The summed E-state index contributed by atoms with van der Waals surface area (Å²) in [6, 6.07) is 0. The van der Waals surface area contributed by atoms with Crippen molar-refractivity contribution >= 4 is 65.9 Å². The molecule has 0 bridgehead atoms. The molecule has 0 amide bonds. The predicted octanol–water partition coefficient (Wildman–Crippen LogP) is -1.14. The van der Waals surface area contributed by atoms with Gasteiger partial charge in [-0.15, -0.1) is 0 Å². The van der Waals surface area contributed by atoms with Gasteiger partial charge in [0.15, 0.2) is 0 Å². The zero-order valence-electron chi connectivity index (χ0n) is 1.76. The summed E-state index contributed by atoms with van der Waals surface area (Å²) in [5.41, 5.74) is 0. The van der Waals surface area contributed by atoms with E-state index in [1.165, 1.54) is 0 Å². The van der Waals surface area contributed by atoms with Crippen LogP contribution in [-0.4, -0.2) is 65.9 Å². The van der Waals surface area contributed by atoms with Crippen molar-refractivity contribution in [1.82, 2.24) is 0 Å². The second kappa shape index (κ2) is 17.4. The molecule has 0 aliphatic heterocycles. The molecule has 0 saturated carbocycles. The van der Waals surface area contributed by atoms with E-state index in [2.05, 4.69) is 0 Å². The molecule has 0 saturated heterocycles. The summed E-state index contributed by atoms with van der Waals surface area (Å²) in [4.78, 5) is 0. The molecule has 23 valence electrons. The molecule has 0 rings (SSSR count). The molecule has 0 aliphatic carbocycles. The fourth-order valence-electron chi connectivity index (χ4n) is 0. The third-order valence-corrected chi connectivity index (χ3v) is 0. The van der Waals surface area contributed by atoms with Crippen LogP contribution in [0.4, 0.5) is 0 Å². The van der Waals surface area contributed by atoms with Crippen molar-refractivity contribution in [3.8, 4) is 0 Å². The monoisotopic (exact) mass is 373 g/mol. The molecule has 0 aromatic carbocycles. The van der Waals surface area contributed by atoms with E-state index >= 15 is 0 Å². The third kappa shape index (κ3) is 8.82. The standard InChI is InChI=1S/Ge.Ni.Sb.Sn. The minimum atomic E-state index is 0. The molecule has 11 radical (unpaired) electrons. The van der Waals surface area contributed by atoms with Crippen LogP contribution in [0.1, 0.15) is 0 Å². The molecule has 0 unspecified atom stereocenters. The van der Waals surface area contributed by atoms with Gasteiger partial charge in [-0.05, 0) is 0 Å². The molecule has 4 heteroatoms. The zero-order valence-corrected chi connectivity index (χ0v) is 10.3. The maximum Gasteiger partial charge on any atom is 0 e. The van der Waals surface area contributed by atoms with E-state index in [4.69, 9.17) is 0 Å². The van der Waals surface area contributed by atoms with Gasteiger partial charge >= 0.3 is 0 Å². The maximum absolute atomic E-state index is 0. The second-order valence-electron chi connectivity index (χ2n) is 0. The van der Waals surface area contributed by atoms with Gasteiger partial charge in [0.1, 0.15) is 0 Å². The number of rotatable bonds is 0. The molecular formula is GeNiSbSn. The van der Waals surface area contributed by atoms with E-state index < -0.39 is 0 Å². The molecule has 4 heavy (non-hydrogen) atoms. The molecule has 0 fully saturated rings. The van der Waals surface area contributed by atoms with Gasteiger partial charge in [0.25, 0.3) is 0 Å². The van der Waals surface area contributed by atoms with E-state index in [0.717, 1.165) is 0 Å². The van der Waals surface area contributed by atoms with Crippen molar-refractivity contribution in [1.29, 1.82) is 0 Å². The van der Waals surface area contributed by atoms with Crippen molar-refractivity contribution in [3.63, 3.8) is 0 Å². The van der Waals surface area contributed by atoms with E-state index in [1.807, 2.05) is 0 Å². The Balaban J connectivity index is 0. The van der Waals surface area contributed by atoms with Gasteiger partial charge in [0.2, 0.25) is 0 Å². The molecular weight excluding hydrogens is 372 g/mol. The van der Waals surface area contributed by atoms with Crippen LogP contribution in [0.2, 0.25) is 0 Å². The summed E-state index contributed by atoms with van der Waals surface area (Å²) in [5, 5.41) is 0. The maximum atomic E-state index is 0. The van der Waals surface area contributed by atoms with Crippen LogP contribution in [0.25, 0.3) is 0 Å². The number of hydrogen-bond acceptors (Lipinski definition) is 0. The van der Waals surface area contributed by atoms with Gasteiger partial charge in [-0.25, -0.2) is 0 Å². The smallest absolute Gasteiger partial charge is 0 e. The van der Waals surface area contributed by atoms with Crippen molar-refractivity contribution in [2.75, 3.05) is 0 Å². The zero-order chi connectivity index (χ0) is 0. The van der Waals surface area contributed by atoms with Crippen molar-refractivity contribution in [2.24, 2.45) is 0 Å². The fourth-order valence-corrected chi connectivity index (χ4v) is 0. The van der Waals surface area contributed by atoms with Gasteiger partial charge < -0.3 is 0 Å². The van der Waals surface area contributed by atoms with Gasteiger partial charge in [0.05, 0.1) is 0 Å². The predicted molar refractivity (Wildman–Crippen MR) is 17.3 cm³/mol. The molecule has 0 nitrogen and oxygen atoms in total. The van der Waals surface area contributed by atoms with Gasteiger partial charge in [0, 0.05) is 82.4 Å². The van der Waals surface area contributed by atoms with Crippen molar-refractivity contribution in [2.45, 2.75) is 0 Å². The van der Waals surface area contributed by atoms with E-state index in [0.29, 0.717) is 0 Å². The van der Waals surface area contributed by atoms with Crippen LogP contribution in [-0.2, 0) is 16.5 Å². The molecule has 0 aliphatic rings. The number of hydrogen-bond donors (Lipinski definition) is 0. The Morgan fingerprint density at radius 3 is 1.00 bits per heavy atom. The summed E-state index contributed by atoms with van der Waals surface area (Å²) >= 11 is 0. The third-order valence-electron chi connectivity index (χ3n) is 0. The summed E-state index contributed by atoms with van der Waals surface area (Å²) in [7, 11) is 0. The Labute approximate surface area is 81.2 Å². The van der Waals surface area contributed by atoms with E-state index in [9.17, 15) is 0 Å². The first kappa shape index (κ1) is 30.2. The molecule has 0 aromatic rings. The molecule has 0 N–H and O–H groups in total. The van der Waals surface area contributed by atoms with E-state index in [1.54, 1.807) is 0 Å². The SMILES string of the molecule is [Ge].[Ni].[Sb].[Sn]. The van der Waals surface area contributed by atoms with Gasteiger partial charge in [-0.3, -0.25) is 0 Å². The van der Waals surface area contributed by atoms with Gasteiger partial charge in [-0.1, -0.05) is 0 Å². The molecule has 0 aromatic heterocycles. The summed E-state index contributed by atoms with van der Waals surface area (Å²) < 4.78 is 0. The Hall–Kier alpha value is 2.65. The minimum Gasteiger partial charge on any atom is 0 e. The van der Waals surface area contributed by atoms with Crippen LogP contribution < -0.4 is 0 Å². The molecule has 0 atom stereocenters.